The van der Waals surface area contributed by atoms with Gasteiger partial charge in [-0.1, -0.05) is 0 Å². The van der Waals surface area contributed by atoms with Crippen molar-refractivity contribution in [2.75, 3.05) is 6.26 Å². The number of carbonyl (C=O) groups is 1. The molecule has 0 heterocycles. The summed E-state index contributed by atoms with van der Waals surface area (Å²) in [5.41, 5.74) is 0. The molecule has 0 aromatic heterocycles. The van der Waals surface area contributed by atoms with E-state index < -0.39 is 15.9 Å². The molecule has 2 N–H and O–H groups in total. The highest BCUT2D eigenvalue weighted by molar-refractivity contribution is 7.91. The van der Waals surface area contributed by atoms with Gasteiger partial charge in [0.25, 0.3) is 0 Å². The molecule has 0 atom stereocenters. The molecule has 0 saturated heterocycles. The monoisotopic (exact) mass is 221 g/mol. The lowest BCUT2D eigenvalue weighted by atomic mass is 9.95. The highest BCUT2D eigenvalue weighted by atomic mass is 32.2. The standard InChI is InChI=1S/C8H15NO4S/c1-14(12,13)7-4-2-6(3-5-7)9-8(10)11/h6-7,9H,2-5H2,1H3,(H,10,11)/t6-,7-. The summed E-state index contributed by atoms with van der Waals surface area (Å²) in [6.45, 7) is 0. The van der Waals surface area contributed by atoms with E-state index in [4.69, 9.17) is 5.11 Å². The zero-order chi connectivity index (χ0) is 10.8. The van der Waals surface area contributed by atoms with Crippen LogP contribution in [0.15, 0.2) is 0 Å². The molecule has 0 radical (unpaired) electrons. The van der Waals surface area contributed by atoms with Crippen LogP contribution >= 0.6 is 0 Å². The number of carboxylic acid groups (broad SMARTS) is 1. The molecule has 1 amide bonds. The number of rotatable bonds is 2. The highest BCUT2D eigenvalue weighted by Gasteiger charge is 2.28. The Morgan fingerprint density at radius 1 is 1.29 bits per heavy atom. The summed E-state index contributed by atoms with van der Waals surface area (Å²) in [5.74, 6) is 0. The maximum atomic E-state index is 11.2. The summed E-state index contributed by atoms with van der Waals surface area (Å²) in [5, 5.41) is 10.6. The first-order chi connectivity index (χ1) is 6.39. The maximum Gasteiger partial charge on any atom is 0.404 e. The molecule has 14 heavy (non-hydrogen) atoms. The molecule has 1 rings (SSSR count). The summed E-state index contributed by atoms with van der Waals surface area (Å²) < 4.78 is 22.4. The molecule has 82 valence electrons. The van der Waals surface area contributed by atoms with Crippen LogP contribution in [0.4, 0.5) is 4.79 Å². The van der Waals surface area contributed by atoms with Gasteiger partial charge in [0.2, 0.25) is 0 Å². The van der Waals surface area contributed by atoms with Gasteiger partial charge in [0, 0.05) is 12.3 Å². The van der Waals surface area contributed by atoms with Crippen LogP contribution in [0.1, 0.15) is 25.7 Å². The van der Waals surface area contributed by atoms with E-state index in [1.807, 2.05) is 0 Å². The number of amides is 1. The minimum Gasteiger partial charge on any atom is -0.465 e. The fourth-order valence-corrected chi connectivity index (χ4v) is 2.94. The van der Waals surface area contributed by atoms with Gasteiger partial charge in [-0.3, -0.25) is 0 Å². The lowest BCUT2D eigenvalue weighted by Crippen LogP contribution is -2.39. The largest absolute Gasteiger partial charge is 0.465 e. The molecule has 0 spiro atoms. The van der Waals surface area contributed by atoms with Crippen molar-refractivity contribution in [1.29, 1.82) is 0 Å². The Balaban J connectivity index is 2.43. The van der Waals surface area contributed by atoms with Crippen LogP contribution in [0.5, 0.6) is 0 Å². The van der Waals surface area contributed by atoms with E-state index in [2.05, 4.69) is 5.32 Å². The van der Waals surface area contributed by atoms with Crippen LogP contribution in [0.3, 0.4) is 0 Å². The molecule has 0 unspecified atom stereocenters. The zero-order valence-corrected chi connectivity index (χ0v) is 8.88. The van der Waals surface area contributed by atoms with Crippen molar-refractivity contribution >= 4 is 15.9 Å². The Morgan fingerprint density at radius 2 is 1.79 bits per heavy atom. The number of hydrogen-bond acceptors (Lipinski definition) is 3. The van der Waals surface area contributed by atoms with E-state index in [0.29, 0.717) is 25.7 Å². The Morgan fingerprint density at radius 3 is 2.14 bits per heavy atom. The van der Waals surface area contributed by atoms with Gasteiger partial charge in [0.15, 0.2) is 0 Å². The van der Waals surface area contributed by atoms with E-state index in [9.17, 15) is 13.2 Å². The van der Waals surface area contributed by atoms with Crippen molar-refractivity contribution in [3.63, 3.8) is 0 Å². The predicted molar refractivity (Wildman–Crippen MR) is 52.0 cm³/mol. The molecule has 1 fully saturated rings. The van der Waals surface area contributed by atoms with Gasteiger partial charge in [-0.15, -0.1) is 0 Å². The van der Waals surface area contributed by atoms with E-state index in [1.165, 1.54) is 6.26 Å². The maximum absolute atomic E-state index is 11.2. The van der Waals surface area contributed by atoms with E-state index >= 15 is 0 Å². The molecule has 1 aliphatic rings. The van der Waals surface area contributed by atoms with Crippen LogP contribution in [0.25, 0.3) is 0 Å². The fraction of sp³-hybridized carbons (Fsp3) is 0.875. The predicted octanol–water partition coefficient (Wildman–Crippen LogP) is 0.610. The number of sulfone groups is 1. The van der Waals surface area contributed by atoms with Crippen molar-refractivity contribution in [1.82, 2.24) is 5.32 Å². The van der Waals surface area contributed by atoms with Crippen molar-refractivity contribution in [3.8, 4) is 0 Å². The molecule has 6 heteroatoms. The van der Waals surface area contributed by atoms with Gasteiger partial charge in [-0.25, -0.2) is 13.2 Å². The van der Waals surface area contributed by atoms with Crippen molar-refractivity contribution < 1.29 is 18.3 Å². The average Bonchev–Trinajstić information content (AvgIpc) is 2.02. The summed E-state index contributed by atoms with van der Waals surface area (Å²) >= 11 is 0. The van der Waals surface area contributed by atoms with Gasteiger partial charge in [-0.2, -0.15) is 0 Å². The first-order valence-corrected chi connectivity index (χ1v) is 6.53. The minimum absolute atomic E-state index is 0.0782. The lowest BCUT2D eigenvalue weighted by molar-refractivity contribution is 0.186. The summed E-state index contributed by atoms with van der Waals surface area (Å²) in [4.78, 5) is 10.3. The first kappa shape index (κ1) is 11.3. The Bertz CT molecular complexity index is 303. The van der Waals surface area contributed by atoms with Gasteiger partial charge >= 0.3 is 6.09 Å². The average molecular weight is 221 g/mol. The van der Waals surface area contributed by atoms with Gasteiger partial charge < -0.3 is 10.4 Å². The van der Waals surface area contributed by atoms with Crippen LogP contribution in [0, 0.1) is 0 Å². The smallest absolute Gasteiger partial charge is 0.404 e. The zero-order valence-electron chi connectivity index (χ0n) is 8.06. The molecule has 5 nitrogen and oxygen atoms in total. The normalized spacial score (nSPS) is 28.4. The second-order valence-corrected chi connectivity index (χ2v) is 6.08. The first-order valence-electron chi connectivity index (χ1n) is 4.58. The molecule has 0 aromatic carbocycles. The highest BCUT2D eigenvalue weighted by Crippen LogP contribution is 2.23. The van der Waals surface area contributed by atoms with E-state index in [0.717, 1.165) is 0 Å². The molecule has 0 aliphatic heterocycles. The van der Waals surface area contributed by atoms with E-state index in [1.54, 1.807) is 0 Å². The second kappa shape index (κ2) is 4.16. The molecule has 1 saturated carbocycles. The summed E-state index contributed by atoms with van der Waals surface area (Å²) in [7, 11) is -2.95. The number of hydrogen-bond donors (Lipinski definition) is 2. The fourth-order valence-electron chi connectivity index (χ4n) is 1.81. The molecule has 0 bridgehead atoms. The van der Waals surface area contributed by atoms with Crippen LogP contribution in [0.2, 0.25) is 0 Å². The molecular weight excluding hydrogens is 206 g/mol. The van der Waals surface area contributed by atoms with Gasteiger partial charge in [0.05, 0.1) is 5.25 Å². The van der Waals surface area contributed by atoms with Gasteiger partial charge in [0.1, 0.15) is 9.84 Å². The Labute approximate surface area is 83.4 Å². The van der Waals surface area contributed by atoms with Gasteiger partial charge in [-0.05, 0) is 25.7 Å². The van der Waals surface area contributed by atoms with Crippen molar-refractivity contribution in [3.05, 3.63) is 0 Å². The van der Waals surface area contributed by atoms with Crippen LogP contribution < -0.4 is 5.32 Å². The Kier molecular flexibility index (Phi) is 3.36. The van der Waals surface area contributed by atoms with Crippen molar-refractivity contribution in [2.24, 2.45) is 0 Å². The summed E-state index contributed by atoms with van der Waals surface area (Å²) in [6, 6.07) is -0.0782. The molecule has 1 aliphatic carbocycles. The molecule has 0 aromatic rings. The van der Waals surface area contributed by atoms with Crippen LogP contribution in [-0.2, 0) is 9.84 Å². The Hall–Kier alpha value is -0.780. The minimum atomic E-state index is -2.95. The lowest BCUT2D eigenvalue weighted by Gasteiger charge is -2.26. The second-order valence-electron chi connectivity index (χ2n) is 3.75. The van der Waals surface area contributed by atoms with Crippen molar-refractivity contribution in [2.45, 2.75) is 37.0 Å². The number of nitrogens with one attached hydrogen (secondary N) is 1. The summed E-state index contributed by atoms with van der Waals surface area (Å²) in [6.07, 6.45) is 2.55. The third-order valence-corrected chi connectivity index (χ3v) is 4.29. The van der Waals surface area contributed by atoms with Crippen LogP contribution in [-0.4, -0.2) is 37.2 Å². The van der Waals surface area contributed by atoms with E-state index in [-0.39, 0.29) is 11.3 Å². The molecular formula is C8H15NO4S. The quantitative estimate of drug-likeness (QED) is 0.715. The third-order valence-electron chi connectivity index (χ3n) is 2.61. The topological polar surface area (TPSA) is 83.5 Å². The SMILES string of the molecule is CS(=O)(=O)[C@H]1CC[C@H](NC(=O)O)CC1. The third kappa shape index (κ3) is 3.17.